The number of halogens is 1. The third kappa shape index (κ3) is 2.70. The maximum atomic E-state index is 6.49. The Kier molecular flexibility index (Phi) is 3.73. The molecule has 0 saturated heterocycles. The van der Waals surface area contributed by atoms with Crippen molar-refractivity contribution in [1.29, 1.82) is 0 Å². The van der Waals surface area contributed by atoms with E-state index in [1.54, 1.807) is 0 Å². The molecule has 0 spiro atoms. The first kappa shape index (κ1) is 14.2. The zero-order valence-corrected chi connectivity index (χ0v) is 14.5. The Bertz CT molecular complexity index is 454. The molecule has 1 unspecified atom stereocenters. The molecule has 1 aliphatic carbocycles. The Balaban J connectivity index is 2.20. The lowest BCUT2D eigenvalue weighted by Crippen LogP contribution is -2.41. The molecule has 0 saturated carbocycles. The van der Waals surface area contributed by atoms with Gasteiger partial charge >= 0.3 is 0 Å². The monoisotopic (exact) mass is 327 g/mol. The molecule has 1 heterocycles. The van der Waals surface area contributed by atoms with E-state index in [-0.39, 0.29) is 11.1 Å². The minimum absolute atomic E-state index is 0.203. The van der Waals surface area contributed by atoms with Gasteiger partial charge in [0.1, 0.15) is 0 Å². The lowest BCUT2D eigenvalue weighted by atomic mass is 10.2. The van der Waals surface area contributed by atoms with Crippen molar-refractivity contribution in [2.45, 2.75) is 57.8 Å². The summed E-state index contributed by atoms with van der Waals surface area (Å²) in [6.07, 6.45) is 4.24. The van der Waals surface area contributed by atoms with Crippen LogP contribution in [0, 0.1) is 0 Å². The van der Waals surface area contributed by atoms with Gasteiger partial charge in [0.05, 0.1) is 11.8 Å². The topological polar surface area (TPSA) is 22.1 Å². The van der Waals surface area contributed by atoms with Crippen molar-refractivity contribution in [2.24, 2.45) is 0 Å². The van der Waals surface area contributed by atoms with Crippen LogP contribution in [-0.4, -0.2) is 13.3 Å². The maximum Gasteiger partial charge on any atom is 0.192 e. The van der Waals surface area contributed by atoms with Crippen LogP contribution >= 0.6 is 15.9 Å². The van der Waals surface area contributed by atoms with Gasteiger partial charge in [0, 0.05) is 10.7 Å². The average Bonchev–Trinajstić information content (AvgIpc) is 2.58. The Morgan fingerprint density at radius 1 is 1.39 bits per heavy atom. The molecule has 2 nitrogen and oxygen atoms in total. The second-order valence-electron chi connectivity index (χ2n) is 6.60. The van der Waals surface area contributed by atoms with Crippen LogP contribution in [-0.2, 0) is 10.8 Å². The van der Waals surface area contributed by atoms with E-state index in [1.807, 2.05) is 6.20 Å². The van der Waals surface area contributed by atoms with Gasteiger partial charge in [-0.25, -0.2) is 0 Å². The number of pyridine rings is 1. The second kappa shape index (κ2) is 4.73. The van der Waals surface area contributed by atoms with Gasteiger partial charge in [-0.2, -0.15) is 0 Å². The molecular weight excluding hydrogens is 306 g/mol. The molecule has 0 aliphatic heterocycles. The zero-order chi connectivity index (χ0) is 13.6. The van der Waals surface area contributed by atoms with E-state index in [4.69, 9.17) is 4.43 Å². The number of hydrogen-bond acceptors (Lipinski definition) is 2. The van der Waals surface area contributed by atoms with Crippen LogP contribution < -0.4 is 0 Å². The molecule has 18 heavy (non-hydrogen) atoms. The van der Waals surface area contributed by atoms with E-state index in [0.29, 0.717) is 0 Å². The van der Waals surface area contributed by atoms with E-state index < -0.39 is 8.32 Å². The molecule has 0 N–H and O–H groups in total. The molecule has 2 rings (SSSR count). The molecule has 0 radical (unpaired) electrons. The van der Waals surface area contributed by atoms with Crippen molar-refractivity contribution in [3.8, 4) is 0 Å². The second-order valence-corrected chi connectivity index (χ2v) is 12.3. The van der Waals surface area contributed by atoms with Crippen molar-refractivity contribution in [2.75, 3.05) is 0 Å². The molecule has 1 aromatic rings. The molecular formula is C14H22BrNOSi. The first-order chi connectivity index (χ1) is 8.21. The minimum Gasteiger partial charge on any atom is -0.408 e. The van der Waals surface area contributed by atoms with Crippen LogP contribution in [0.25, 0.3) is 0 Å². The van der Waals surface area contributed by atoms with Crippen LogP contribution in [0.1, 0.15) is 44.6 Å². The van der Waals surface area contributed by atoms with E-state index in [1.165, 1.54) is 5.56 Å². The van der Waals surface area contributed by atoms with Gasteiger partial charge in [0.25, 0.3) is 0 Å². The van der Waals surface area contributed by atoms with E-state index >= 15 is 0 Å². The largest absolute Gasteiger partial charge is 0.408 e. The van der Waals surface area contributed by atoms with Gasteiger partial charge < -0.3 is 4.43 Å². The van der Waals surface area contributed by atoms with Gasteiger partial charge in [0.15, 0.2) is 8.32 Å². The Hall–Kier alpha value is -0.193. The lowest BCUT2D eigenvalue weighted by molar-refractivity contribution is 0.181. The fourth-order valence-corrected chi connectivity index (χ4v) is 3.73. The number of hydrogen-bond donors (Lipinski definition) is 0. The quantitative estimate of drug-likeness (QED) is 0.724. The Labute approximate surface area is 119 Å². The van der Waals surface area contributed by atoms with Crippen molar-refractivity contribution in [3.63, 3.8) is 0 Å². The number of aromatic nitrogens is 1. The number of rotatable bonds is 2. The van der Waals surface area contributed by atoms with Crippen molar-refractivity contribution in [1.82, 2.24) is 4.98 Å². The SMILES string of the molecule is CC(C)(C)[Si](C)(C)OC1CCc2cc(Br)cnc21. The third-order valence-electron chi connectivity index (χ3n) is 4.19. The van der Waals surface area contributed by atoms with Crippen LogP contribution in [0.3, 0.4) is 0 Å². The highest BCUT2D eigenvalue weighted by atomic mass is 79.9. The fourth-order valence-electron chi connectivity index (χ4n) is 2.05. The highest BCUT2D eigenvalue weighted by molar-refractivity contribution is 9.10. The van der Waals surface area contributed by atoms with E-state index in [9.17, 15) is 0 Å². The van der Waals surface area contributed by atoms with Crippen molar-refractivity contribution >= 4 is 24.2 Å². The Morgan fingerprint density at radius 2 is 2.06 bits per heavy atom. The van der Waals surface area contributed by atoms with Crippen LogP contribution in [0.5, 0.6) is 0 Å². The maximum absolute atomic E-state index is 6.49. The summed E-state index contributed by atoms with van der Waals surface area (Å²) in [5, 5.41) is 0.255. The number of fused-ring (bicyclic) bond motifs is 1. The Morgan fingerprint density at radius 3 is 2.67 bits per heavy atom. The molecule has 1 atom stereocenters. The summed E-state index contributed by atoms with van der Waals surface area (Å²) in [5.74, 6) is 0. The third-order valence-corrected chi connectivity index (χ3v) is 9.11. The molecule has 1 aliphatic rings. The summed E-state index contributed by atoms with van der Waals surface area (Å²) in [6, 6.07) is 2.18. The van der Waals surface area contributed by atoms with E-state index in [2.05, 4.69) is 60.8 Å². The summed E-state index contributed by atoms with van der Waals surface area (Å²) in [5.41, 5.74) is 2.50. The normalized spacial score (nSPS) is 20.0. The molecule has 0 fully saturated rings. The van der Waals surface area contributed by atoms with Gasteiger partial charge in [-0.3, -0.25) is 4.98 Å². The molecule has 0 bridgehead atoms. The van der Waals surface area contributed by atoms with Gasteiger partial charge in [-0.1, -0.05) is 20.8 Å². The summed E-state index contributed by atoms with van der Waals surface area (Å²) < 4.78 is 7.55. The molecule has 1 aromatic heterocycles. The first-order valence-electron chi connectivity index (χ1n) is 6.53. The zero-order valence-electron chi connectivity index (χ0n) is 11.9. The number of nitrogens with zero attached hydrogens (tertiary/aromatic N) is 1. The summed E-state index contributed by atoms with van der Waals surface area (Å²) >= 11 is 3.48. The fraction of sp³-hybridized carbons (Fsp3) is 0.643. The predicted octanol–water partition coefficient (Wildman–Crippen LogP) is 4.85. The molecule has 4 heteroatoms. The first-order valence-corrected chi connectivity index (χ1v) is 10.2. The smallest absolute Gasteiger partial charge is 0.192 e. The predicted molar refractivity (Wildman–Crippen MR) is 81.3 cm³/mol. The average molecular weight is 328 g/mol. The van der Waals surface area contributed by atoms with Gasteiger partial charge in [0.2, 0.25) is 0 Å². The molecule has 100 valence electrons. The summed E-state index contributed by atoms with van der Waals surface area (Å²) in [6.45, 7) is 11.5. The van der Waals surface area contributed by atoms with Gasteiger partial charge in [-0.15, -0.1) is 0 Å². The van der Waals surface area contributed by atoms with Crippen LogP contribution in [0.2, 0.25) is 18.1 Å². The minimum atomic E-state index is -1.70. The summed E-state index contributed by atoms with van der Waals surface area (Å²) in [4.78, 5) is 4.56. The number of aryl methyl sites for hydroxylation is 1. The lowest BCUT2D eigenvalue weighted by Gasteiger charge is -2.38. The van der Waals surface area contributed by atoms with Crippen LogP contribution in [0.4, 0.5) is 0 Å². The molecule has 0 aromatic carbocycles. The highest BCUT2D eigenvalue weighted by Gasteiger charge is 2.41. The molecule has 0 amide bonds. The van der Waals surface area contributed by atoms with Crippen molar-refractivity contribution < 1.29 is 4.43 Å². The summed E-state index contributed by atoms with van der Waals surface area (Å²) in [7, 11) is -1.70. The van der Waals surface area contributed by atoms with E-state index in [0.717, 1.165) is 23.0 Å². The standard InChI is InChI=1S/C14H22BrNOSi/c1-14(2,3)18(4,5)17-12-7-6-10-8-11(15)9-16-13(10)12/h8-9,12H,6-7H2,1-5H3. The van der Waals surface area contributed by atoms with Crippen LogP contribution in [0.15, 0.2) is 16.7 Å². The van der Waals surface area contributed by atoms with Gasteiger partial charge in [-0.05, 0) is 58.5 Å². The van der Waals surface area contributed by atoms with Crippen molar-refractivity contribution in [3.05, 3.63) is 28.0 Å². The highest BCUT2D eigenvalue weighted by Crippen LogP contribution is 2.43.